The molecule has 4 nitrogen and oxygen atoms in total. The van der Waals surface area contributed by atoms with Gasteiger partial charge in [0.1, 0.15) is 0 Å². The predicted molar refractivity (Wildman–Crippen MR) is 90.0 cm³/mol. The van der Waals surface area contributed by atoms with Gasteiger partial charge in [0.15, 0.2) is 8.32 Å². The fraction of sp³-hybridized carbons (Fsp3) is 0.882. The van der Waals surface area contributed by atoms with E-state index in [9.17, 15) is 9.59 Å². The van der Waals surface area contributed by atoms with E-state index >= 15 is 0 Å². The number of carbonyl (C=O) groups excluding carboxylic acids is 2. The van der Waals surface area contributed by atoms with Crippen LogP contribution in [0.25, 0.3) is 0 Å². The first kappa shape index (κ1) is 19.4. The highest BCUT2D eigenvalue weighted by atomic mass is 28.4. The van der Waals surface area contributed by atoms with Gasteiger partial charge in [-0.2, -0.15) is 0 Å². The molecule has 22 heavy (non-hydrogen) atoms. The van der Waals surface area contributed by atoms with E-state index in [2.05, 4.69) is 20.0 Å². The monoisotopic (exact) mass is 328 g/mol. The molecule has 0 saturated carbocycles. The maximum Gasteiger partial charge on any atom is 0.317 e. The van der Waals surface area contributed by atoms with Crippen LogP contribution in [-0.4, -0.2) is 26.4 Å². The van der Waals surface area contributed by atoms with Gasteiger partial charge in [-0.1, -0.05) is 39.0 Å². The number of carbonyl (C=O) groups is 2. The fourth-order valence-corrected chi connectivity index (χ4v) is 7.01. The summed E-state index contributed by atoms with van der Waals surface area (Å²) in [7, 11) is -2.05. The summed E-state index contributed by atoms with van der Waals surface area (Å²) in [4.78, 5) is 23.5. The Hall–Kier alpha value is -0.683. The number of ether oxygens (including phenoxy) is 1. The molecule has 5 heteroatoms. The summed E-state index contributed by atoms with van der Waals surface area (Å²) >= 11 is 0. The zero-order chi connectivity index (χ0) is 16.8. The molecule has 0 radical (unpaired) electrons. The highest BCUT2D eigenvalue weighted by molar-refractivity contribution is 6.73. The Morgan fingerprint density at radius 2 is 1.82 bits per heavy atom. The van der Waals surface area contributed by atoms with Crippen LogP contribution in [0.5, 0.6) is 0 Å². The van der Waals surface area contributed by atoms with Crippen LogP contribution in [0.1, 0.15) is 65.7 Å². The predicted octanol–water partition coefficient (Wildman–Crippen LogP) is 4.44. The molecule has 0 N–H and O–H groups in total. The Balaban J connectivity index is 2.72. The van der Waals surface area contributed by atoms with Crippen LogP contribution in [0.2, 0.25) is 18.6 Å². The van der Waals surface area contributed by atoms with E-state index in [-0.39, 0.29) is 35.9 Å². The molecule has 1 aliphatic heterocycles. The average Bonchev–Trinajstić information content (AvgIpc) is 2.70. The summed E-state index contributed by atoms with van der Waals surface area (Å²) in [5, 5.41) is 0. The summed E-state index contributed by atoms with van der Waals surface area (Å²) in [6, 6.07) is 0. The molecule has 128 valence electrons. The summed E-state index contributed by atoms with van der Waals surface area (Å²) in [6.07, 6.45) is 7.36. The third-order valence-electron chi connectivity index (χ3n) is 4.44. The molecule has 1 heterocycles. The van der Waals surface area contributed by atoms with Crippen LogP contribution < -0.4 is 0 Å². The van der Waals surface area contributed by atoms with Gasteiger partial charge in [0.2, 0.25) is 0 Å². The highest BCUT2D eigenvalue weighted by Crippen LogP contribution is 2.41. The summed E-state index contributed by atoms with van der Waals surface area (Å²) in [6.45, 7) is 10.6. The van der Waals surface area contributed by atoms with E-state index in [0.717, 1.165) is 12.8 Å². The smallest absolute Gasteiger partial charge is 0.317 e. The van der Waals surface area contributed by atoms with Crippen molar-refractivity contribution in [1.82, 2.24) is 0 Å². The Labute approximate surface area is 136 Å². The lowest BCUT2D eigenvalue weighted by atomic mass is 9.98. The van der Waals surface area contributed by atoms with E-state index in [1.54, 1.807) is 0 Å². The van der Waals surface area contributed by atoms with Crippen molar-refractivity contribution in [3.05, 3.63) is 0 Å². The molecule has 0 aromatic heterocycles. The second-order valence-corrected chi connectivity index (χ2v) is 11.4. The molecule has 0 amide bonds. The average molecular weight is 329 g/mol. The van der Waals surface area contributed by atoms with E-state index in [1.165, 1.54) is 25.7 Å². The minimum absolute atomic E-state index is 0.150. The zero-order valence-corrected chi connectivity index (χ0v) is 15.8. The number of hydrogen-bond acceptors (Lipinski definition) is 4. The maximum absolute atomic E-state index is 12.0. The van der Waals surface area contributed by atoms with Gasteiger partial charge >= 0.3 is 11.9 Å². The first-order chi connectivity index (χ1) is 10.3. The molecule has 0 bridgehead atoms. The van der Waals surface area contributed by atoms with Crippen LogP contribution in [0, 0.1) is 5.92 Å². The van der Waals surface area contributed by atoms with Crippen molar-refractivity contribution in [2.24, 2.45) is 5.92 Å². The molecule has 0 aliphatic carbocycles. The van der Waals surface area contributed by atoms with Gasteiger partial charge in [0.25, 0.3) is 0 Å². The third kappa shape index (κ3) is 5.84. The molecule has 1 aliphatic rings. The Bertz CT molecular complexity index is 379. The number of hydrogen-bond donors (Lipinski definition) is 0. The highest BCUT2D eigenvalue weighted by Gasteiger charge is 2.47. The largest absolute Gasteiger partial charge is 0.415 e. The lowest BCUT2D eigenvalue weighted by Crippen LogP contribution is -2.43. The normalized spacial score (nSPS) is 20.5. The van der Waals surface area contributed by atoms with E-state index in [1.807, 2.05) is 13.8 Å². The third-order valence-corrected chi connectivity index (χ3v) is 8.00. The molecule has 1 saturated heterocycles. The van der Waals surface area contributed by atoms with Crippen molar-refractivity contribution in [1.29, 1.82) is 0 Å². The maximum atomic E-state index is 12.0. The number of rotatable bonds is 10. The van der Waals surface area contributed by atoms with E-state index in [4.69, 9.17) is 9.16 Å². The second kappa shape index (κ2) is 8.82. The number of cyclic esters (lactones) is 2. The lowest BCUT2D eigenvalue weighted by Gasteiger charge is -2.36. The standard InChI is InChI=1S/C17H32O4Si/c1-6-7-8-9-10-11-15(22(4,5)21-13(2)3)14-12-16(18)20-17(14)19/h13-15H,6-12H2,1-5H3. The van der Waals surface area contributed by atoms with Crippen molar-refractivity contribution >= 4 is 20.3 Å². The van der Waals surface area contributed by atoms with Crippen molar-refractivity contribution in [3.63, 3.8) is 0 Å². The zero-order valence-electron chi connectivity index (χ0n) is 14.8. The fourth-order valence-electron chi connectivity index (χ4n) is 3.49. The Morgan fingerprint density at radius 3 is 2.32 bits per heavy atom. The summed E-state index contributed by atoms with van der Waals surface area (Å²) < 4.78 is 11.0. The minimum Gasteiger partial charge on any atom is -0.415 e. The van der Waals surface area contributed by atoms with Crippen molar-refractivity contribution in [3.8, 4) is 0 Å². The molecule has 2 unspecified atom stereocenters. The van der Waals surface area contributed by atoms with Gasteiger partial charge in [-0.3, -0.25) is 9.59 Å². The SMILES string of the molecule is CCCCCCCC(C1CC(=O)OC1=O)[Si](C)(C)OC(C)C. The Kier molecular flexibility index (Phi) is 7.76. The first-order valence-electron chi connectivity index (χ1n) is 8.70. The van der Waals surface area contributed by atoms with Gasteiger partial charge < -0.3 is 9.16 Å². The van der Waals surface area contributed by atoms with Gasteiger partial charge in [-0.15, -0.1) is 0 Å². The molecular formula is C17H32O4Si. The van der Waals surface area contributed by atoms with Gasteiger partial charge in [0, 0.05) is 6.10 Å². The van der Waals surface area contributed by atoms with Crippen LogP contribution in [-0.2, 0) is 18.8 Å². The molecule has 0 aromatic rings. The molecule has 1 rings (SSSR count). The van der Waals surface area contributed by atoms with Crippen LogP contribution >= 0.6 is 0 Å². The van der Waals surface area contributed by atoms with Crippen molar-refractivity contribution in [2.45, 2.75) is 90.5 Å². The molecule has 2 atom stereocenters. The molecular weight excluding hydrogens is 296 g/mol. The molecule has 1 fully saturated rings. The summed E-state index contributed by atoms with van der Waals surface area (Å²) in [5.74, 6) is -1.00. The van der Waals surface area contributed by atoms with Gasteiger partial charge in [-0.25, -0.2) is 0 Å². The van der Waals surface area contributed by atoms with Crippen LogP contribution in [0.4, 0.5) is 0 Å². The summed E-state index contributed by atoms with van der Waals surface area (Å²) in [5.41, 5.74) is 0.162. The quantitative estimate of drug-likeness (QED) is 0.257. The van der Waals surface area contributed by atoms with Gasteiger partial charge in [-0.05, 0) is 38.9 Å². The van der Waals surface area contributed by atoms with E-state index < -0.39 is 8.32 Å². The number of unbranched alkanes of at least 4 members (excludes halogenated alkanes) is 4. The minimum atomic E-state index is -2.05. The van der Waals surface area contributed by atoms with Crippen LogP contribution in [0.3, 0.4) is 0 Å². The topological polar surface area (TPSA) is 52.6 Å². The molecule has 0 spiro atoms. The van der Waals surface area contributed by atoms with E-state index in [0.29, 0.717) is 0 Å². The lowest BCUT2D eigenvalue weighted by molar-refractivity contribution is -0.153. The second-order valence-electron chi connectivity index (χ2n) is 7.18. The van der Waals surface area contributed by atoms with Gasteiger partial charge in [0.05, 0.1) is 12.3 Å². The Morgan fingerprint density at radius 1 is 1.18 bits per heavy atom. The van der Waals surface area contributed by atoms with Crippen molar-refractivity contribution in [2.75, 3.05) is 0 Å². The molecule has 0 aromatic carbocycles. The number of esters is 2. The first-order valence-corrected chi connectivity index (χ1v) is 11.7. The van der Waals surface area contributed by atoms with Crippen molar-refractivity contribution < 1.29 is 18.8 Å². The van der Waals surface area contributed by atoms with Crippen LogP contribution in [0.15, 0.2) is 0 Å².